The van der Waals surface area contributed by atoms with E-state index in [1.807, 2.05) is 54.6 Å². The summed E-state index contributed by atoms with van der Waals surface area (Å²) in [6, 6.07) is 24.4. The highest BCUT2D eigenvalue weighted by atomic mass is 35.5. The van der Waals surface area contributed by atoms with Crippen LogP contribution in [0.15, 0.2) is 91.3 Å². The van der Waals surface area contributed by atoms with Gasteiger partial charge in [0.2, 0.25) is 0 Å². The molecule has 0 radical (unpaired) electrons. The number of aromatic nitrogens is 6. The second-order valence-electron chi connectivity index (χ2n) is 10.8. The highest BCUT2D eigenvalue weighted by Gasteiger charge is 2.51. The number of rotatable bonds is 10. The average Bonchev–Trinajstić information content (AvgIpc) is 3.77. The average molecular weight is 666 g/mol. The molecule has 2 aliphatic heterocycles. The summed E-state index contributed by atoms with van der Waals surface area (Å²) in [5, 5.41) is 18.3. The molecule has 3 aromatic carbocycles. The minimum absolute atomic E-state index is 0.106. The standard InChI is InChI=1S/C32H30Cl2N6O6/c1-41-32-30(43-18-24-16-40(38-36-24)26-12-6-10-22(34)14-26)29(28-27(45-32)19-44-31(46-28)20-7-3-2-4-8-20)42-17-23-15-39(37-35-23)25-11-5-9-21(33)13-25/h2-16,27-32H,17-19H2,1H3/t27-,28-,29+,30-,31-,32+/m1/s1. The van der Waals surface area contributed by atoms with Crippen LogP contribution in [0.25, 0.3) is 11.4 Å². The van der Waals surface area contributed by atoms with Crippen LogP contribution < -0.4 is 0 Å². The van der Waals surface area contributed by atoms with Crippen LogP contribution in [0.2, 0.25) is 10.0 Å². The lowest BCUT2D eigenvalue weighted by Crippen LogP contribution is -2.63. The maximum Gasteiger partial charge on any atom is 0.186 e. The number of halogens is 2. The molecule has 0 amide bonds. The van der Waals surface area contributed by atoms with E-state index in [0.717, 1.165) is 16.9 Å². The lowest BCUT2D eigenvalue weighted by molar-refractivity contribution is -0.369. The van der Waals surface area contributed by atoms with Crippen LogP contribution in [-0.2, 0) is 41.6 Å². The predicted molar refractivity (Wildman–Crippen MR) is 166 cm³/mol. The van der Waals surface area contributed by atoms with E-state index in [9.17, 15) is 0 Å². The van der Waals surface area contributed by atoms with Crippen LogP contribution in [0.3, 0.4) is 0 Å². The highest BCUT2D eigenvalue weighted by Crippen LogP contribution is 2.37. The second kappa shape index (κ2) is 14.0. The van der Waals surface area contributed by atoms with E-state index in [1.54, 1.807) is 53.1 Å². The van der Waals surface area contributed by atoms with Gasteiger partial charge in [-0.1, -0.05) is 76.1 Å². The summed E-state index contributed by atoms with van der Waals surface area (Å²) in [6.45, 7) is 0.501. The molecule has 2 aromatic heterocycles. The fourth-order valence-corrected chi connectivity index (χ4v) is 5.83. The molecule has 12 nitrogen and oxygen atoms in total. The van der Waals surface area contributed by atoms with Crippen LogP contribution in [0.5, 0.6) is 0 Å². The van der Waals surface area contributed by atoms with E-state index in [1.165, 1.54) is 0 Å². The molecule has 5 aromatic rings. The molecule has 6 atom stereocenters. The fraction of sp³-hybridized carbons (Fsp3) is 0.312. The van der Waals surface area contributed by atoms with Crippen molar-refractivity contribution in [3.8, 4) is 11.4 Å². The number of benzene rings is 3. The van der Waals surface area contributed by atoms with Crippen molar-refractivity contribution in [1.29, 1.82) is 0 Å². The summed E-state index contributed by atoms with van der Waals surface area (Å²) in [5.74, 6) is 0. The van der Waals surface area contributed by atoms with Gasteiger partial charge in [-0.3, -0.25) is 0 Å². The van der Waals surface area contributed by atoms with Gasteiger partial charge in [0.15, 0.2) is 12.6 Å². The van der Waals surface area contributed by atoms with Gasteiger partial charge in [0.05, 0.1) is 43.6 Å². The van der Waals surface area contributed by atoms with Gasteiger partial charge in [-0.05, 0) is 36.4 Å². The molecular weight excluding hydrogens is 635 g/mol. The maximum absolute atomic E-state index is 6.55. The van der Waals surface area contributed by atoms with Crippen LogP contribution >= 0.6 is 23.2 Å². The summed E-state index contributed by atoms with van der Waals surface area (Å²) in [6.07, 6.45) is -0.201. The van der Waals surface area contributed by atoms with Gasteiger partial charge in [0.1, 0.15) is 35.8 Å². The lowest BCUT2D eigenvalue weighted by Gasteiger charge is -2.48. The number of hydrogen-bond acceptors (Lipinski definition) is 10. The van der Waals surface area contributed by atoms with Crippen molar-refractivity contribution in [3.05, 3.63) is 118 Å². The monoisotopic (exact) mass is 664 g/mol. The molecule has 2 saturated heterocycles. The Morgan fingerprint density at radius 2 is 1.37 bits per heavy atom. The molecule has 46 heavy (non-hydrogen) atoms. The van der Waals surface area contributed by atoms with E-state index in [0.29, 0.717) is 21.4 Å². The van der Waals surface area contributed by atoms with Crippen molar-refractivity contribution in [1.82, 2.24) is 30.0 Å². The van der Waals surface area contributed by atoms with Gasteiger partial charge in [0, 0.05) is 22.7 Å². The van der Waals surface area contributed by atoms with Crippen molar-refractivity contribution in [2.45, 2.75) is 50.2 Å². The first-order chi connectivity index (χ1) is 22.5. The van der Waals surface area contributed by atoms with Gasteiger partial charge >= 0.3 is 0 Å². The van der Waals surface area contributed by atoms with Crippen LogP contribution in [0.1, 0.15) is 23.2 Å². The minimum atomic E-state index is -0.781. The normalized spacial score (nSPS) is 24.5. The Balaban J connectivity index is 1.12. The zero-order valence-corrected chi connectivity index (χ0v) is 26.1. The van der Waals surface area contributed by atoms with Crippen molar-refractivity contribution < 1.29 is 28.4 Å². The molecule has 0 saturated carbocycles. The summed E-state index contributed by atoms with van der Waals surface area (Å²) in [4.78, 5) is 0. The van der Waals surface area contributed by atoms with E-state index < -0.39 is 37.0 Å². The molecule has 2 fully saturated rings. The van der Waals surface area contributed by atoms with Crippen LogP contribution in [-0.4, -0.2) is 74.4 Å². The van der Waals surface area contributed by atoms with Gasteiger partial charge in [-0.2, -0.15) is 0 Å². The summed E-state index contributed by atoms with van der Waals surface area (Å²) >= 11 is 12.3. The zero-order valence-electron chi connectivity index (χ0n) is 24.6. The zero-order chi connectivity index (χ0) is 31.5. The first-order valence-electron chi connectivity index (χ1n) is 14.6. The first-order valence-corrected chi connectivity index (χ1v) is 15.4. The largest absolute Gasteiger partial charge is 0.366 e. The first kappa shape index (κ1) is 30.9. The quantitative estimate of drug-likeness (QED) is 0.199. The smallest absolute Gasteiger partial charge is 0.186 e. The number of fused-ring (bicyclic) bond motifs is 1. The number of ether oxygens (including phenoxy) is 6. The van der Waals surface area contributed by atoms with Crippen LogP contribution in [0.4, 0.5) is 0 Å². The van der Waals surface area contributed by atoms with Crippen molar-refractivity contribution in [2.75, 3.05) is 13.7 Å². The second-order valence-corrected chi connectivity index (χ2v) is 11.6. The molecule has 0 spiro atoms. The Hall–Kier alpha value is -3.72. The Labute approximate surface area is 274 Å². The van der Waals surface area contributed by atoms with Crippen molar-refractivity contribution in [2.24, 2.45) is 0 Å². The third-order valence-electron chi connectivity index (χ3n) is 7.66. The highest BCUT2D eigenvalue weighted by molar-refractivity contribution is 6.31. The predicted octanol–water partition coefficient (Wildman–Crippen LogP) is 5.11. The van der Waals surface area contributed by atoms with Gasteiger partial charge in [-0.25, -0.2) is 9.36 Å². The van der Waals surface area contributed by atoms with Gasteiger partial charge in [0.25, 0.3) is 0 Å². The Morgan fingerprint density at radius 3 is 1.96 bits per heavy atom. The lowest BCUT2D eigenvalue weighted by atomic mass is 9.97. The molecule has 0 N–H and O–H groups in total. The van der Waals surface area contributed by atoms with Crippen molar-refractivity contribution in [3.63, 3.8) is 0 Å². The summed E-state index contributed by atoms with van der Waals surface area (Å²) in [7, 11) is 1.56. The minimum Gasteiger partial charge on any atom is -0.366 e. The number of nitrogens with zero attached hydrogens (tertiary/aromatic N) is 6. The SMILES string of the molecule is CO[C@H]1O[C@@H]2CO[C@@H](c3ccccc3)O[C@H]2[C@H](OCc2cn(-c3cccc(Cl)c3)nn2)[C@H]1OCc1cn(-c2cccc(Cl)c2)nn1. The molecule has 0 bridgehead atoms. The van der Waals surface area contributed by atoms with Crippen molar-refractivity contribution >= 4 is 23.2 Å². The summed E-state index contributed by atoms with van der Waals surface area (Å²) < 4.78 is 40.9. The van der Waals surface area contributed by atoms with Gasteiger partial charge < -0.3 is 28.4 Å². The fourth-order valence-electron chi connectivity index (χ4n) is 5.46. The number of methoxy groups -OCH3 is 1. The Bertz CT molecular complexity index is 1760. The molecule has 7 rings (SSSR count). The molecular formula is C32H30Cl2N6O6. The van der Waals surface area contributed by atoms with E-state index >= 15 is 0 Å². The Kier molecular flexibility index (Phi) is 9.38. The molecule has 2 aliphatic rings. The molecule has 0 unspecified atom stereocenters. The topological polar surface area (TPSA) is 117 Å². The molecule has 4 heterocycles. The third kappa shape index (κ3) is 6.85. The van der Waals surface area contributed by atoms with E-state index in [-0.39, 0.29) is 19.8 Å². The van der Waals surface area contributed by atoms with Gasteiger partial charge in [-0.15, -0.1) is 10.2 Å². The third-order valence-corrected chi connectivity index (χ3v) is 8.13. The van der Waals surface area contributed by atoms with Crippen LogP contribution in [0, 0.1) is 0 Å². The summed E-state index contributed by atoms with van der Waals surface area (Å²) in [5.41, 5.74) is 3.64. The maximum atomic E-state index is 6.55. The van der Waals surface area contributed by atoms with E-state index in [2.05, 4.69) is 20.6 Å². The Morgan fingerprint density at radius 1 is 0.761 bits per heavy atom. The molecule has 238 valence electrons. The van der Waals surface area contributed by atoms with E-state index in [4.69, 9.17) is 51.6 Å². The molecule has 14 heteroatoms. The number of hydrogen-bond donors (Lipinski definition) is 0. The molecule has 0 aliphatic carbocycles.